The molecule has 92 valence electrons. The van der Waals surface area contributed by atoms with Crippen molar-refractivity contribution in [1.82, 2.24) is 5.32 Å². The van der Waals surface area contributed by atoms with Gasteiger partial charge in [0.1, 0.15) is 0 Å². The van der Waals surface area contributed by atoms with E-state index in [1.54, 1.807) is 6.92 Å². The number of aryl methyl sites for hydroxylation is 2. The Morgan fingerprint density at radius 2 is 2.29 bits per heavy atom. The first kappa shape index (κ1) is 12.1. The number of fused-ring (bicyclic) bond motifs is 1. The number of nitrogens with one attached hydrogen (secondary N) is 1. The third kappa shape index (κ3) is 2.85. The minimum atomic E-state index is -0.897. The Labute approximate surface area is 104 Å². The van der Waals surface area contributed by atoms with E-state index in [1.165, 1.54) is 28.2 Å². The average Bonchev–Trinajstić information content (AvgIpc) is 2.73. The summed E-state index contributed by atoms with van der Waals surface area (Å²) in [7, 11) is 0. The fourth-order valence-corrected chi connectivity index (χ4v) is 3.21. The van der Waals surface area contributed by atoms with Crippen LogP contribution < -0.4 is 5.32 Å². The lowest BCUT2D eigenvalue weighted by atomic mass is 10.2. The van der Waals surface area contributed by atoms with E-state index >= 15 is 0 Å². The molecule has 2 rings (SSSR count). The molecule has 2 N–H and O–H groups in total. The maximum Gasteiger partial charge on any atom is 0.305 e. The van der Waals surface area contributed by atoms with Gasteiger partial charge in [0, 0.05) is 10.9 Å². The lowest BCUT2D eigenvalue weighted by Crippen LogP contribution is -2.33. The molecule has 0 radical (unpaired) electrons. The second kappa shape index (κ2) is 4.87. The first-order valence-corrected chi connectivity index (χ1v) is 6.52. The Balaban J connectivity index is 1.97. The van der Waals surface area contributed by atoms with Gasteiger partial charge in [-0.1, -0.05) is 0 Å². The summed E-state index contributed by atoms with van der Waals surface area (Å²) in [4.78, 5) is 24.3. The number of carboxylic acid groups (broad SMARTS) is 1. The van der Waals surface area contributed by atoms with Crippen molar-refractivity contribution in [2.45, 2.75) is 38.6 Å². The zero-order chi connectivity index (χ0) is 12.4. The van der Waals surface area contributed by atoms with Crippen molar-refractivity contribution >= 4 is 23.2 Å². The highest BCUT2D eigenvalue weighted by Crippen LogP contribution is 2.30. The molecular formula is C12H15NO3S. The Morgan fingerprint density at radius 1 is 1.53 bits per heavy atom. The number of rotatable bonds is 4. The minimum absolute atomic E-state index is 0.0448. The number of aliphatic carboxylic acids is 1. The molecule has 0 fully saturated rings. The monoisotopic (exact) mass is 253 g/mol. The summed E-state index contributed by atoms with van der Waals surface area (Å²) in [5, 5.41) is 11.3. The minimum Gasteiger partial charge on any atom is -0.481 e. The van der Waals surface area contributed by atoms with Gasteiger partial charge in [-0.05, 0) is 37.8 Å². The van der Waals surface area contributed by atoms with Gasteiger partial charge in [0.2, 0.25) is 0 Å². The Hall–Kier alpha value is -1.36. The van der Waals surface area contributed by atoms with E-state index in [9.17, 15) is 9.59 Å². The van der Waals surface area contributed by atoms with Gasteiger partial charge in [-0.15, -0.1) is 11.3 Å². The molecule has 1 amide bonds. The first-order chi connectivity index (χ1) is 8.06. The van der Waals surface area contributed by atoms with Crippen LogP contribution >= 0.6 is 11.3 Å². The number of carboxylic acids is 1. The SMILES string of the molecule is C[C@H](CC(=O)O)NC(=O)c1cc2c(s1)CCC2. The first-order valence-electron chi connectivity index (χ1n) is 5.70. The predicted octanol–water partition coefficient (Wildman–Crippen LogP) is 1.83. The van der Waals surface area contributed by atoms with Crippen LogP contribution in [0.3, 0.4) is 0 Å². The van der Waals surface area contributed by atoms with Crippen LogP contribution in [0.4, 0.5) is 0 Å². The molecule has 0 unspecified atom stereocenters. The van der Waals surface area contributed by atoms with Crippen molar-refractivity contribution in [3.05, 3.63) is 21.4 Å². The normalized spacial score (nSPS) is 15.4. The highest BCUT2D eigenvalue weighted by atomic mass is 32.1. The van der Waals surface area contributed by atoms with E-state index in [0.29, 0.717) is 4.88 Å². The molecule has 0 bridgehead atoms. The van der Waals surface area contributed by atoms with Crippen molar-refractivity contribution in [2.24, 2.45) is 0 Å². The number of carbonyl (C=O) groups is 2. The Morgan fingerprint density at radius 3 is 2.94 bits per heavy atom. The highest BCUT2D eigenvalue weighted by molar-refractivity contribution is 7.14. The van der Waals surface area contributed by atoms with Gasteiger partial charge in [-0.3, -0.25) is 9.59 Å². The van der Waals surface area contributed by atoms with Crippen LogP contribution in [0.15, 0.2) is 6.07 Å². The quantitative estimate of drug-likeness (QED) is 0.860. The summed E-state index contributed by atoms with van der Waals surface area (Å²) >= 11 is 1.53. The highest BCUT2D eigenvalue weighted by Gasteiger charge is 2.19. The number of hydrogen-bond donors (Lipinski definition) is 2. The molecule has 1 heterocycles. The molecule has 5 heteroatoms. The zero-order valence-corrected chi connectivity index (χ0v) is 10.5. The van der Waals surface area contributed by atoms with E-state index in [1.807, 2.05) is 6.07 Å². The summed E-state index contributed by atoms with van der Waals surface area (Å²) in [6, 6.07) is 1.60. The van der Waals surface area contributed by atoms with Crippen LogP contribution in [0.5, 0.6) is 0 Å². The molecule has 0 aromatic carbocycles. The van der Waals surface area contributed by atoms with Crippen LogP contribution in [-0.4, -0.2) is 23.0 Å². The van der Waals surface area contributed by atoms with E-state index in [-0.39, 0.29) is 18.4 Å². The number of carbonyl (C=O) groups excluding carboxylic acids is 1. The van der Waals surface area contributed by atoms with Gasteiger partial charge in [-0.2, -0.15) is 0 Å². The smallest absolute Gasteiger partial charge is 0.305 e. The van der Waals surface area contributed by atoms with Crippen molar-refractivity contribution in [3.63, 3.8) is 0 Å². The van der Waals surface area contributed by atoms with Gasteiger partial charge in [-0.25, -0.2) is 0 Å². The third-order valence-corrected chi connectivity index (χ3v) is 4.06. The molecule has 1 aliphatic rings. The van der Waals surface area contributed by atoms with Gasteiger partial charge in [0.15, 0.2) is 0 Å². The average molecular weight is 253 g/mol. The molecular weight excluding hydrogens is 238 g/mol. The van der Waals surface area contributed by atoms with Crippen LogP contribution in [-0.2, 0) is 17.6 Å². The molecule has 0 saturated carbocycles. The largest absolute Gasteiger partial charge is 0.481 e. The molecule has 1 aromatic rings. The van der Waals surface area contributed by atoms with Crippen molar-refractivity contribution in [2.75, 3.05) is 0 Å². The third-order valence-electron chi connectivity index (χ3n) is 2.83. The molecule has 1 atom stereocenters. The second-order valence-corrected chi connectivity index (χ2v) is 5.52. The summed E-state index contributed by atoms with van der Waals surface area (Å²) in [5.41, 5.74) is 1.28. The summed E-state index contributed by atoms with van der Waals surface area (Å²) in [6.45, 7) is 1.70. The van der Waals surface area contributed by atoms with Crippen LogP contribution in [0.1, 0.15) is 39.9 Å². The fourth-order valence-electron chi connectivity index (χ4n) is 2.05. The van der Waals surface area contributed by atoms with E-state index in [4.69, 9.17) is 5.11 Å². The van der Waals surface area contributed by atoms with Crippen LogP contribution in [0, 0.1) is 0 Å². The standard InChI is InChI=1S/C12H15NO3S/c1-7(5-11(14)15)13-12(16)10-6-8-3-2-4-9(8)17-10/h6-7H,2-5H2,1H3,(H,13,16)(H,14,15)/t7-/m1/s1. The van der Waals surface area contributed by atoms with E-state index < -0.39 is 5.97 Å². The molecule has 1 aliphatic carbocycles. The second-order valence-electron chi connectivity index (χ2n) is 4.38. The van der Waals surface area contributed by atoms with Gasteiger partial charge in [0.25, 0.3) is 5.91 Å². The topological polar surface area (TPSA) is 66.4 Å². The van der Waals surface area contributed by atoms with E-state index in [0.717, 1.165) is 12.8 Å². The van der Waals surface area contributed by atoms with Crippen LogP contribution in [0.25, 0.3) is 0 Å². The van der Waals surface area contributed by atoms with Gasteiger partial charge < -0.3 is 10.4 Å². The molecule has 4 nitrogen and oxygen atoms in total. The molecule has 0 aliphatic heterocycles. The summed E-state index contributed by atoms with van der Waals surface area (Å²) < 4.78 is 0. The van der Waals surface area contributed by atoms with Crippen molar-refractivity contribution in [1.29, 1.82) is 0 Å². The fraction of sp³-hybridized carbons (Fsp3) is 0.500. The Bertz CT molecular complexity index is 431. The van der Waals surface area contributed by atoms with Gasteiger partial charge in [0.05, 0.1) is 11.3 Å². The van der Waals surface area contributed by atoms with Crippen molar-refractivity contribution < 1.29 is 14.7 Å². The van der Waals surface area contributed by atoms with E-state index in [2.05, 4.69) is 5.32 Å². The molecule has 17 heavy (non-hydrogen) atoms. The van der Waals surface area contributed by atoms with Gasteiger partial charge >= 0.3 is 5.97 Å². The predicted molar refractivity (Wildman–Crippen MR) is 65.5 cm³/mol. The zero-order valence-electron chi connectivity index (χ0n) is 9.66. The number of hydrogen-bond acceptors (Lipinski definition) is 3. The summed E-state index contributed by atoms with van der Waals surface area (Å²) in [6.07, 6.45) is 3.26. The maximum absolute atomic E-state index is 11.8. The molecule has 0 saturated heterocycles. The molecule has 1 aromatic heterocycles. The number of thiophene rings is 1. The maximum atomic E-state index is 11.8. The summed E-state index contributed by atoms with van der Waals surface area (Å²) in [5.74, 6) is -1.05. The lowest BCUT2D eigenvalue weighted by molar-refractivity contribution is -0.137. The molecule has 0 spiro atoms. The van der Waals surface area contributed by atoms with Crippen molar-refractivity contribution in [3.8, 4) is 0 Å². The van der Waals surface area contributed by atoms with Crippen LogP contribution in [0.2, 0.25) is 0 Å². The number of amides is 1. The lowest BCUT2D eigenvalue weighted by Gasteiger charge is -2.10. The Kier molecular flexibility index (Phi) is 3.47.